The van der Waals surface area contributed by atoms with E-state index in [0.29, 0.717) is 18.7 Å². The molecule has 1 N–H and O–H groups in total. The van der Waals surface area contributed by atoms with Crippen molar-refractivity contribution in [3.8, 4) is 0 Å². The quantitative estimate of drug-likeness (QED) is 0.645. The van der Waals surface area contributed by atoms with E-state index in [0.717, 1.165) is 0 Å². The SMILES string of the molecule is CN(C)CCNC(=O)c1c(F)ccc([N+](=O)[O-])c1F. The van der Waals surface area contributed by atoms with Gasteiger partial charge in [-0.15, -0.1) is 0 Å². The fraction of sp³-hybridized carbons (Fsp3) is 0.364. The van der Waals surface area contributed by atoms with Crippen LogP contribution in [0.15, 0.2) is 12.1 Å². The molecule has 104 valence electrons. The molecule has 0 spiro atoms. The molecule has 0 atom stereocenters. The lowest BCUT2D eigenvalue weighted by molar-refractivity contribution is -0.387. The van der Waals surface area contributed by atoms with E-state index in [1.807, 2.05) is 0 Å². The second kappa shape index (κ2) is 6.19. The molecule has 0 radical (unpaired) electrons. The number of nitrogens with one attached hydrogen (secondary N) is 1. The van der Waals surface area contributed by atoms with Crippen molar-refractivity contribution in [2.75, 3.05) is 27.2 Å². The van der Waals surface area contributed by atoms with E-state index in [4.69, 9.17) is 0 Å². The highest BCUT2D eigenvalue weighted by atomic mass is 19.1. The summed E-state index contributed by atoms with van der Waals surface area (Å²) in [5, 5.41) is 12.8. The highest BCUT2D eigenvalue weighted by Crippen LogP contribution is 2.22. The summed E-state index contributed by atoms with van der Waals surface area (Å²) in [6.07, 6.45) is 0. The predicted octanol–water partition coefficient (Wildman–Crippen LogP) is 1.16. The molecule has 1 aromatic rings. The number of benzene rings is 1. The van der Waals surface area contributed by atoms with Crippen molar-refractivity contribution >= 4 is 11.6 Å². The van der Waals surface area contributed by atoms with Crippen molar-refractivity contribution in [1.29, 1.82) is 0 Å². The van der Waals surface area contributed by atoms with Crippen molar-refractivity contribution in [2.24, 2.45) is 0 Å². The number of hydrogen-bond donors (Lipinski definition) is 1. The third kappa shape index (κ3) is 3.68. The number of likely N-dealkylation sites (N-methyl/N-ethyl adjacent to an activating group) is 1. The zero-order valence-electron chi connectivity index (χ0n) is 10.4. The second-order valence-corrected chi connectivity index (χ2v) is 4.07. The number of nitro benzene ring substituents is 1. The van der Waals surface area contributed by atoms with Gasteiger partial charge in [-0.2, -0.15) is 4.39 Å². The topological polar surface area (TPSA) is 75.5 Å². The summed E-state index contributed by atoms with van der Waals surface area (Å²) >= 11 is 0. The van der Waals surface area contributed by atoms with E-state index in [1.165, 1.54) is 0 Å². The van der Waals surface area contributed by atoms with Gasteiger partial charge in [-0.25, -0.2) is 4.39 Å². The van der Waals surface area contributed by atoms with Crippen LogP contribution >= 0.6 is 0 Å². The minimum absolute atomic E-state index is 0.174. The molecule has 1 amide bonds. The summed E-state index contributed by atoms with van der Waals surface area (Å²) in [5.74, 6) is -3.61. The van der Waals surface area contributed by atoms with Crippen LogP contribution < -0.4 is 5.32 Å². The standard InChI is InChI=1S/C11H13F2N3O3/c1-15(2)6-5-14-11(17)9-7(12)3-4-8(10(9)13)16(18)19/h3-4H,5-6H2,1-2H3,(H,14,17). The van der Waals surface area contributed by atoms with Gasteiger partial charge in [-0.1, -0.05) is 0 Å². The van der Waals surface area contributed by atoms with E-state index in [9.17, 15) is 23.7 Å². The van der Waals surface area contributed by atoms with Crippen LogP contribution in [0.4, 0.5) is 14.5 Å². The molecule has 0 aliphatic heterocycles. The molecule has 0 aromatic heterocycles. The van der Waals surface area contributed by atoms with Crippen LogP contribution in [0.25, 0.3) is 0 Å². The zero-order valence-corrected chi connectivity index (χ0v) is 10.4. The second-order valence-electron chi connectivity index (χ2n) is 4.07. The Kier molecular flexibility index (Phi) is 4.87. The van der Waals surface area contributed by atoms with E-state index in [-0.39, 0.29) is 6.54 Å². The highest BCUT2D eigenvalue weighted by molar-refractivity contribution is 5.95. The van der Waals surface area contributed by atoms with Gasteiger partial charge in [0.15, 0.2) is 0 Å². The van der Waals surface area contributed by atoms with Crippen LogP contribution in [0.1, 0.15) is 10.4 Å². The van der Waals surface area contributed by atoms with Crippen LogP contribution in [0.3, 0.4) is 0 Å². The largest absolute Gasteiger partial charge is 0.351 e. The third-order valence-electron chi connectivity index (χ3n) is 2.34. The van der Waals surface area contributed by atoms with Gasteiger partial charge in [-0.05, 0) is 20.2 Å². The summed E-state index contributed by atoms with van der Waals surface area (Å²) in [7, 11) is 3.53. The fourth-order valence-electron chi connectivity index (χ4n) is 1.37. The Morgan fingerprint density at radius 2 is 2.05 bits per heavy atom. The van der Waals surface area contributed by atoms with Crippen LogP contribution in [0.5, 0.6) is 0 Å². The van der Waals surface area contributed by atoms with Gasteiger partial charge in [0.05, 0.1) is 4.92 Å². The van der Waals surface area contributed by atoms with E-state index in [2.05, 4.69) is 5.32 Å². The summed E-state index contributed by atoms with van der Waals surface area (Å²) in [6, 6.07) is 1.38. The molecule has 0 saturated carbocycles. The average Bonchev–Trinajstić information content (AvgIpc) is 2.27. The van der Waals surface area contributed by atoms with Crippen LogP contribution in [-0.2, 0) is 0 Å². The lowest BCUT2D eigenvalue weighted by Crippen LogP contribution is -2.32. The smallest absolute Gasteiger partial charge is 0.305 e. The van der Waals surface area contributed by atoms with Gasteiger partial charge in [0.1, 0.15) is 11.4 Å². The Bertz CT molecular complexity index is 506. The summed E-state index contributed by atoms with van der Waals surface area (Å²) < 4.78 is 27.1. The molecule has 0 unspecified atom stereocenters. The molecule has 0 fully saturated rings. The Morgan fingerprint density at radius 1 is 1.42 bits per heavy atom. The maximum Gasteiger partial charge on any atom is 0.305 e. The first-order valence-electron chi connectivity index (χ1n) is 5.40. The number of hydrogen-bond acceptors (Lipinski definition) is 4. The maximum absolute atomic E-state index is 13.7. The first-order chi connectivity index (χ1) is 8.84. The first kappa shape index (κ1) is 15.0. The molecule has 1 aromatic carbocycles. The Balaban J connectivity index is 2.96. The van der Waals surface area contributed by atoms with Crippen molar-refractivity contribution in [3.63, 3.8) is 0 Å². The molecular weight excluding hydrogens is 260 g/mol. The van der Waals surface area contributed by atoms with Gasteiger partial charge in [0.25, 0.3) is 5.91 Å². The van der Waals surface area contributed by atoms with Gasteiger partial charge in [0, 0.05) is 19.2 Å². The van der Waals surface area contributed by atoms with Crippen molar-refractivity contribution in [1.82, 2.24) is 10.2 Å². The molecule has 19 heavy (non-hydrogen) atoms. The average molecular weight is 273 g/mol. The number of rotatable bonds is 5. The minimum atomic E-state index is -1.47. The number of nitrogens with zero attached hydrogens (tertiary/aromatic N) is 2. The Morgan fingerprint density at radius 3 is 2.58 bits per heavy atom. The zero-order chi connectivity index (χ0) is 14.6. The van der Waals surface area contributed by atoms with Gasteiger partial charge < -0.3 is 10.2 Å². The minimum Gasteiger partial charge on any atom is -0.351 e. The predicted molar refractivity (Wildman–Crippen MR) is 63.9 cm³/mol. The van der Waals surface area contributed by atoms with Gasteiger partial charge >= 0.3 is 5.69 Å². The molecule has 0 aliphatic carbocycles. The van der Waals surface area contributed by atoms with Crippen LogP contribution in [-0.4, -0.2) is 42.9 Å². The maximum atomic E-state index is 13.7. The van der Waals surface area contributed by atoms with Crippen molar-refractivity contribution < 1.29 is 18.5 Å². The summed E-state index contributed by atoms with van der Waals surface area (Å²) in [5.41, 5.74) is -1.87. The molecular formula is C11H13F2N3O3. The lowest BCUT2D eigenvalue weighted by atomic mass is 10.1. The number of amides is 1. The fourth-order valence-corrected chi connectivity index (χ4v) is 1.37. The number of carbonyl (C=O) groups is 1. The van der Waals surface area contributed by atoms with E-state index < -0.39 is 33.7 Å². The van der Waals surface area contributed by atoms with E-state index >= 15 is 0 Å². The number of nitro groups is 1. The first-order valence-corrected chi connectivity index (χ1v) is 5.40. The normalized spacial score (nSPS) is 10.6. The molecule has 0 saturated heterocycles. The highest BCUT2D eigenvalue weighted by Gasteiger charge is 2.25. The molecule has 8 heteroatoms. The summed E-state index contributed by atoms with van der Waals surface area (Å²) in [6.45, 7) is 0.650. The van der Waals surface area contributed by atoms with Crippen molar-refractivity contribution in [3.05, 3.63) is 39.4 Å². The van der Waals surface area contributed by atoms with E-state index in [1.54, 1.807) is 19.0 Å². The number of halogens is 2. The molecule has 0 aliphatic rings. The number of carbonyl (C=O) groups excluding carboxylic acids is 1. The van der Waals surface area contributed by atoms with Gasteiger partial charge in [-0.3, -0.25) is 14.9 Å². The van der Waals surface area contributed by atoms with Gasteiger partial charge in [0.2, 0.25) is 5.82 Å². The summed E-state index contributed by atoms with van der Waals surface area (Å²) in [4.78, 5) is 22.9. The Hall–Kier alpha value is -2.09. The van der Waals surface area contributed by atoms with Crippen LogP contribution in [0, 0.1) is 21.7 Å². The molecule has 6 nitrogen and oxygen atoms in total. The monoisotopic (exact) mass is 273 g/mol. The van der Waals surface area contributed by atoms with Crippen molar-refractivity contribution in [2.45, 2.75) is 0 Å². The lowest BCUT2D eigenvalue weighted by Gasteiger charge is -2.11. The molecule has 0 bridgehead atoms. The molecule has 1 rings (SSSR count). The molecule has 0 heterocycles. The third-order valence-corrected chi connectivity index (χ3v) is 2.34. The Labute approximate surface area is 108 Å². The van der Waals surface area contributed by atoms with Crippen LogP contribution in [0.2, 0.25) is 0 Å².